The van der Waals surface area contributed by atoms with Gasteiger partial charge in [-0.2, -0.15) is 0 Å². The van der Waals surface area contributed by atoms with Gasteiger partial charge in [0.05, 0.1) is 12.0 Å². The Morgan fingerprint density at radius 1 is 1.44 bits per heavy atom. The first kappa shape index (κ1) is 12.7. The topological polar surface area (TPSA) is 46.6 Å². The van der Waals surface area contributed by atoms with Gasteiger partial charge in [-0.25, -0.2) is 0 Å². The summed E-state index contributed by atoms with van der Waals surface area (Å²) < 4.78 is 4.51. The van der Waals surface area contributed by atoms with E-state index in [1.54, 1.807) is 7.05 Å². The van der Waals surface area contributed by atoms with Crippen molar-refractivity contribution in [2.24, 2.45) is 0 Å². The van der Waals surface area contributed by atoms with Crippen LogP contribution in [0, 0.1) is 13.8 Å². The Morgan fingerprint density at radius 3 is 2.50 bits per heavy atom. The standard InChI is InChI=1S/C11H15NO3S/c1-7-5-8(2)16-10(7)11(14)12(3)6-9(13)15-4/h5H,6H2,1-4H3. The number of rotatable bonds is 3. The fourth-order valence-corrected chi connectivity index (χ4v) is 2.38. The van der Waals surface area contributed by atoms with Crippen LogP contribution in [-0.4, -0.2) is 37.5 Å². The zero-order chi connectivity index (χ0) is 12.3. The average molecular weight is 241 g/mol. The molecule has 0 atom stereocenters. The van der Waals surface area contributed by atoms with E-state index in [1.165, 1.54) is 23.3 Å². The molecule has 1 aromatic rings. The van der Waals surface area contributed by atoms with Gasteiger partial charge in [0.1, 0.15) is 6.54 Å². The number of thiophene rings is 1. The Hall–Kier alpha value is -1.36. The van der Waals surface area contributed by atoms with Gasteiger partial charge in [-0.3, -0.25) is 9.59 Å². The Kier molecular flexibility index (Phi) is 4.06. The quantitative estimate of drug-likeness (QED) is 0.755. The van der Waals surface area contributed by atoms with Crippen LogP contribution < -0.4 is 0 Å². The van der Waals surface area contributed by atoms with Crippen LogP contribution in [0.15, 0.2) is 6.07 Å². The maximum atomic E-state index is 12.0. The SMILES string of the molecule is COC(=O)CN(C)C(=O)c1sc(C)cc1C. The van der Waals surface area contributed by atoms with Crippen molar-refractivity contribution < 1.29 is 14.3 Å². The van der Waals surface area contributed by atoms with E-state index in [2.05, 4.69) is 4.74 Å². The van der Waals surface area contributed by atoms with Crippen LogP contribution in [0.25, 0.3) is 0 Å². The van der Waals surface area contributed by atoms with Crippen LogP contribution in [0.1, 0.15) is 20.1 Å². The van der Waals surface area contributed by atoms with Gasteiger partial charge in [0, 0.05) is 11.9 Å². The number of methoxy groups -OCH3 is 1. The van der Waals surface area contributed by atoms with Crippen LogP contribution in [-0.2, 0) is 9.53 Å². The molecule has 16 heavy (non-hydrogen) atoms. The van der Waals surface area contributed by atoms with Crippen molar-refractivity contribution in [2.75, 3.05) is 20.7 Å². The van der Waals surface area contributed by atoms with E-state index in [0.29, 0.717) is 4.88 Å². The third-order valence-electron chi connectivity index (χ3n) is 2.18. The first-order valence-corrected chi connectivity index (χ1v) is 5.66. The maximum absolute atomic E-state index is 12.0. The minimum atomic E-state index is -0.415. The number of likely N-dealkylation sites (N-methyl/N-ethyl adjacent to an activating group) is 1. The highest BCUT2D eigenvalue weighted by atomic mass is 32.1. The lowest BCUT2D eigenvalue weighted by Crippen LogP contribution is -2.32. The van der Waals surface area contributed by atoms with Crippen LogP contribution in [0.2, 0.25) is 0 Å². The molecule has 0 aliphatic heterocycles. The number of hydrogen-bond acceptors (Lipinski definition) is 4. The summed E-state index contributed by atoms with van der Waals surface area (Å²) in [6.07, 6.45) is 0. The molecule has 4 nitrogen and oxygen atoms in total. The van der Waals surface area contributed by atoms with Crippen molar-refractivity contribution in [3.05, 3.63) is 21.4 Å². The monoisotopic (exact) mass is 241 g/mol. The molecule has 1 aromatic heterocycles. The second-order valence-corrected chi connectivity index (χ2v) is 4.86. The summed E-state index contributed by atoms with van der Waals surface area (Å²) in [7, 11) is 2.90. The molecule has 0 saturated carbocycles. The molecule has 0 N–H and O–H groups in total. The molecule has 0 aliphatic rings. The van der Waals surface area contributed by atoms with Crippen LogP contribution >= 0.6 is 11.3 Å². The Balaban J connectivity index is 2.78. The molecule has 0 saturated heterocycles. The van der Waals surface area contributed by atoms with Crippen molar-refractivity contribution in [1.29, 1.82) is 0 Å². The van der Waals surface area contributed by atoms with Gasteiger partial charge >= 0.3 is 5.97 Å². The Bertz CT molecular complexity index is 411. The lowest BCUT2D eigenvalue weighted by atomic mass is 10.2. The number of carbonyl (C=O) groups is 2. The Labute approximate surface area is 98.8 Å². The second kappa shape index (κ2) is 5.12. The lowest BCUT2D eigenvalue weighted by Gasteiger charge is -2.14. The molecule has 88 valence electrons. The molecular weight excluding hydrogens is 226 g/mol. The van der Waals surface area contributed by atoms with Crippen molar-refractivity contribution in [2.45, 2.75) is 13.8 Å². The summed E-state index contributed by atoms with van der Waals surface area (Å²) in [5.74, 6) is -0.553. The van der Waals surface area contributed by atoms with Gasteiger partial charge in [0.2, 0.25) is 0 Å². The van der Waals surface area contributed by atoms with Crippen molar-refractivity contribution in [3.8, 4) is 0 Å². The van der Waals surface area contributed by atoms with Crippen LogP contribution in [0.5, 0.6) is 0 Å². The first-order chi connectivity index (χ1) is 7.45. The van der Waals surface area contributed by atoms with E-state index in [0.717, 1.165) is 10.4 Å². The van der Waals surface area contributed by atoms with Gasteiger partial charge < -0.3 is 9.64 Å². The lowest BCUT2D eigenvalue weighted by molar-refractivity contribution is -0.141. The van der Waals surface area contributed by atoms with Crippen molar-refractivity contribution in [1.82, 2.24) is 4.90 Å². The number of hydrogen-bond donors (Lipinski definition) is 0. The molecule has 0 spiro atoms. The molecule has 0 aliphatic carbocycles. The van der Waals surface area contributed by atoms with E-state index in [9.17, 15) is 9.59 Å². The average Bonchev–Trinajstić information content (AvgIpc) is 2.56. The van der Waals surface area contributed by atoms with Gasteiger partial charge in [-0.05, 0) is 25.5 Å². The highest BCUT2D eigenvalue weighted by Gasteiger charge is 2.18. The first-order valence-electron chi connectivity index (χ1n) is 4.85. The summed E-state index contributed by atoms with van der Waals surface area (Å²) in [6, 6.07) is 1.96. The molecule has 0 radical (unpaired) electrons. The minimum Gasteiger partial charge on any atom is -0.468 e. The number of amides is 1. The highest BCUT2D eigenvalue weighted by Crippen LogP contribution is 2.22. The van der Waals surface area contributed by atoms with Gasteiger partial charge in [-0.1, -0.05) is 0 Å². The maximum Gasteiger partial charge on any atom is 0.325 e. The normalized spacial score (nSPS) is 10.0. The molecular formula is C11H15NO3S. The van der Waals surface area contributed by atoms with Crippen molar-refractivity contribution in [3.63, 3.8) is 0 Å². The van der Waals surface area contributed by atoms with Gasteiger partial charge in [-0.15, -0.1) is 11.3 Å². The van der Waals surface area contributed by atoms with E-state index in [1.807, 2.05) is 19.9 Å². The molecule has 1 heterocycles. The second-order valence-electron chi connectivity index (χ2n) is 3.61. The van der Waals surface area contributed by atoms with E-state index in [4.69, 9.17) is 0 Å². The number of nitrogens with zero attached hydrogens (tertiary/aromatic N) is 1. The Morgan fingerprint density at radius 2 is 2.06 bits per heavy atom. The minimum absolute atomic E-state index is 0.0221. The van der Waals surface area contributed by atoms with E-state index in [-0.39, 0.29) is 12.5 Å². The molecule has 0 aromatic carbocycles. The zero-order valence-electron chi connectivity index (χ0n) is 9.86. The third kappa shape index (κ3) is 2.82. The van der Waals surface area contributed by atoms with Gasteiger partial charge in [0.15, 0.2) is 0 Å². The smallest absolute Gasteiger partial charge is 0.325 e. The summed E-state index contributed by atoms with van der Waals surface area (Å²) in [6.45, 7) is 3.82. The molecule has 1 amide bonds. The molecule has 0 fully saturated rings. The molecule has 0 bridgehead atoms. The third-order valence-corrected chi connectivity index (χ3v) is 3.32. The number of carbonyl (C=O) groups excluding carboxylic acids is 2. The zero-order valence-corrected chi connectivity index (χ0v) is 10.7. The predicted molar refractivity (Wildman–Crippen MR) is 62.8 cm³/mol. The summed E-state index contributed by atoms with van der Waals surface area (Å²) in [4.78, 5) is 26.1. The fourth-order valence-electron chi connectivity index (χ4n) is 1.36. The predicted octanol–water partition coefficient (Wildman–Crippen LogP) is 1.61. The largest absolute Gasteiger partial charge is 0.468 e. The number of ether oxygens (including phenoxy) is 1. The summed E-state index contributed by atoms with van der Waals surface area (Å²) in [5, 5.41) is 0. The molecule has 1 rings (SSSR count). The molecule has 0 unspecified atom stereocenters. The van der Waals surface area contributed by atoms with Crippen LogP contribution in [0.3, 0.4) is 0 Å². The van der Waals surface area contributed by atoms with Crippen molar-refractivity contribution >= 4 is 23.2 Å². The summed E-state index contributed by atoms with van der Waals surface area (Å²) in [5.41, 5.74) is 0.948. The fraction of sp³-hybridized carbons (Fsp3) is 0.455. The van der Waals surface area contributed by atoms with Crippen LogP contribution in [0.4, 0.5) is 0 Å². The van der Waals surface area contributed by atoms with E-state index < -0.39 is 5.97 Å². The molecule has 5 heteroatoms. The van der Waals surface area contributed by atoms with E-state index >= 15 is 0 Å². The number of aryl methyl sites for hydroxylation is 2. The highest BCUT2D eigenvalue weighted by molar-refractivity contribution is 7.14. The number of esters is 1. The summed E-state index contributed by atoms with van der Waals surface area (Å²) >= 11 is 1.44. The van der Waals surface area contributed by atoms with Gasteiger partial charge in [0.25, 0.3) is 5.91 Å².